The van der Waals surface area contributed by atoms with Crippen LogP contribution in [0.25, 0.3) is 0 Å². The third-order valence-electron chi connectivity index (χ3n) is 1.35. The van der Waals surface area contributed by atoms with E-state index in [0.717, 1.165) is 12.1 Å². The lowest BCUT2D eigenvalue weighted by Crippen LogP contribution is -1.79. The highest BCUT2D eigenvalue weighted by atomic mass is 19.1. The van der Waals surface area contributed by atoms with Gasteiger partial charge in [0, 0.05) is 0 Å². The minimum absolute atomic E-state index is 0.0654. The molecule has 1 rings (SSSR count). The van der Waals surface area contributed by atoms with Gasteiger partial charge < -0.3 is 5.11 Å². The minimum Gasteiger partial charge on any atom is -0.507 e. The molecule has 2 nitrogen and oxygen atoms in total. The van der Waals surface area contributed by atoms with E-state index in [-0.39, 0.29) is 17.7 Å². The number of phenols is 1. The van der Waals surface area contributed by atoms with Crippen molar-refractivity contribution in [1.29, 1.82) is 5.26 Å². The van der Waals surface area contributed by atoms with Gasteiger partial charge in [-0.1, -0.05) is 11.8 Å². The summed E-state index contributed by atoms with van der Waals surface area (Å²) >= 11 is 0. The van der Waals surface area contributed by atoms with Crippen LogP contribution in [-0.4, -0.2) is 5.11 Å². The Kier molecular flexibility index (Phi) is 2.89. The number of hydrogen-bond acceptors (Lipinski definition) is 2. The molecule has 0 aliphatic carbocycles. The molecule has 0 fully saturated rings. The Morgan fingerprint density at radius 1 is 1.46 bits per heavy atom. The molecule has 1 aromatic rings. The smallest absolute Gasteiger partial charge is 0.131 e. The first kappa shape index (κ1) is 9.09. The summed E-state index contributed by atoms with van der Waals surface area (Å²) in [5, 5.41) is 17.4. The number of nitrogens with zero attached hydrogens (tertiary/aromatic N) is 1. The predicted octanol–water partition coefficient (Wildman–Crippen LogP) is 1.80. The predicted molar refractivity (Wildman–Crippen MR) is 45.2 cm³/mol. The van der Waals surface area contributed by atoms with Gasteiger partial charge in [-0.25, -0.2) is 4.39 Å². The average Bonchev–Trinajstić information content (AvgIpc) is 2.11. The summed E-state index contributed by atoms with van der Waals surface area (Å²) in [5.74, 6) is 4.44. The summed E-state index contributed by atoms with van der Waals surface area (Å²) in [6.07, 6.45) is 0.0654. The van der Waals surface area contributed by atoms with Crippen molar-refractivity contribution in [2.75, 3.05) is 0 Å². The van der Waals surface area contributed by atoms with Crippen LogP contribution in [0.3, 0.4) is 0 Å². The zero-order valence-corrected chi connectivity index (χ0v) is 6.71. The van der Waals surface area contributed by atoms with E-state index >= 15 is 0 Å². The SMILES string of the molecule is N#CCC#Cc1cc(F)ccc1O. The lowest BCUT2D eigenvalue weighted by atomic mass is 10.2. The number of aromatic hydroxyl groups is 1. The normalized spacial score (nSPS) is 8.31. The van der Waals surface area contributed by atoms with Crippen LogP contribution in [0.15, 0.2) is 18.2 Å². The maximum Gasteiger partial charge on any atom is 0.131 e. The van der Waals surface area contributed by atoms with Gasteiger partial charge in [0.05, 0.1) is 18.1 Å². The molecule has 0 heterocycles. The molecule has 0 spiro atoms. The van der Waals surface area contributed by atoms with Crippen LogP contribution in [0.5, 0.6) is 5.75 Å². The van der Waals surface area contributed by atoms with E-state index in [0.29, 0.717) is 0 Å². The molecule has 0 amide bonds. The Morgan fingerprint density at radius 3 is 2.92 bits per heavy atom. The second-order valence-electron chi connectivity index (χ2n) is 2.30. The number of halogens is 1. The van der Waals surface area contributed by atoms with Crippen molar-refractivity contribution < 1.29 is 9.50 Å². The standard InChI is InChI=1S/C10H6FNO/c11-9-4-5-10(13)8(7-9)3-1-2-6-12/h4-5,7,13H,2H2. The van der Waals surface area contributed by atoms with Gasteiger partial charge in [-0.3, -0.25) is 0 Å². The van der Waals surface area contributed by atoms with Crippen molar-refractivity contribution in [2.45, 2.75) is 6.42 Å². The van der Waals surface area contributed by atoms with Gasteiger partial charge >= 0.3 is 0 Å². The van der Waals surface area contributed by atoms with Gasteiger partial charge in [-0.15, -0.1) is 0 Å². The van der Waals surface area contributed by atoms with Crippen LogP contribution in [0, 0.1) is 29.0 Å². The summed E-state index contributed by atoms with van der Waals surface area (Å²) in [6.45, 7) is 0. The third kappa shape index (κ3) is 2.50. The van der Waals surface area contributed by atoms with Crippen molar-refractivity contribution in [3.8, 4) is 23.7 Å². The fraction of sp³-hybridized carbons (Fsp3) is 0.100. The number of phenolic OH excluding ortho intramolecular Hbond substituents is 1. The lowest BCUT2D eigenvalue weighted by molar-refractivity contribution is 0.471. The largest absolute Gasteiger partial charge is 0.507 e. The van der Waals surface area contributed by atoms with E-state index in [1.807, 2.05) is 6.07 Å². The van der Waals surface area contributed by atoms with Crippen LogP contribution >= 0.6 is 0 Å². The molecule has 13 heavy (non-hydrogen) atoms. The molecule has 0 aliphatic rings. The molecule has 0 saturated carbocycles. The quantitative estimate of drug-likeness (QED) is 0.611. The summed E-state index contributed by atoms with van der Waals surface area (Å²) < 4.78 is 12.6. The molecule has 3 heteroatoms. The highest BCUT2D eigenvalue weighted by molar-refractivity contribution is 5.45. The first-order valence-corrected chi connectivity index (χ1v) is 3.58. The fourth-order valence-electron chi connectivity index (χ4n) is 0.787. The zero-order chi connectivity index (χ0) is 9.68. The molecule has 1 N–H and O–H groups in total. The maximum atomic E-state index is 12.6. The number of rotatable bonds is 0. The number of hydrogen-bond donors (Lipinski definition) is 1. The third-order valence-corrected chi connectivity index (χ3v) is 1.35. The lowest BCUT2D eigenvalue weighted by Gasteiger charge is -1.94. The maximum absolute atomic E-state index is 12.6. The molecule has 0 saturated heterocycles. The van der Waals surface area contributed by atoms with Crippen molar-refractivity contribution in [2.24, 2.45) is 0 Å². The zero-order valence-electron chi connectivity index (χ0n) is 6.71. The van der Waals surface area contributed by atoms with Crippen LogP contribution in [0.2, 0.25) is 0 Å². The molecule has 0 aliphatic heterocycles. The van der Waals surface area contributed by atoms with E-state index in [9.17, 15) is 9.50 Å². The summed E-state index contributed by atoms with van der Waals surface area (Å²) in [6, 6.07) is 5.32. The van der Waals surface area contributed by atoms with E-state index in [4.69, 9.17) is 5.26 Å². The van der Waals surface area contributed by atoms with Gasteiger partial charge in [0.2, 0.25) is 0 Å². The highest BCUT2D eigenvalue weighted by Crippen LogP contribution is 2.16. The molecule has 0 unspecified atom stereocenters. The van der Waals surface area contributed by atoms with Crippen LogP contribution in [0.4, 0.5) is 4.39 Å². The molecule has 64 valence electrons. The number of benzene rings is 1. The number of nitriles is 1. The summed E-state index contributed by atoms with van der Waals surface area (Å²) in [5.41, 5.74) is 0.204. The Balaban J connectivity index is 2.97. The first-order chi connectivity index (χ1) is 6.24. The van der Waals surface area contributed by atoms with Crippen LogP contribution in [-0.2, 0) is 0 Å². The van der Waals surface area contributed by atoms with Gasteiger partial charge in [0.15, 0.2) is 0 Å². The monoisotopic (exact) mass is 175 g/mol. The van der Waals surface area contributed by atoms with Crippen LogP contribution in [0.1, 0.15) is 12.0 Å². The van der Waals surface area contributed by atoms with Gasteiger partial charge in [-0.05, 0) is 18.2 Å². The van der Waals surface area contributed by atoms with Crippen molar-refractivity contribution in [3.63, 3.8) is 0 Å². The Morgan fingerprint density at radius 2 is 2.23 bits per heavy atom. The summed E-state index contributed by atoms with van der Waals surface area (Å²) in [7, 11) is 0. The Labute approximate surface area is 75.2 Å². The average molecular weight is 175 g/mol. The van der Waals surface area contributed by atoms with E-state index in [2.05, 4.69) is 11.8 Å². The van der Waals surface area contributed by atoms with Gasteiger partial charge in [0.1, 0.15) is 11.6 Å². The Hall–Kier alpha value is -2.00. The van der Waals surface area contributed by atoms with E-state index < -0.39 is 5.82 Å². The van der Waals surface area contributed by atoms with Crippen molar-refractivity contribution in [3.05, 3.63) is 29.6 Å². The van der Waals surface area contributed by atoms with Crippen LogP contribution < -0.4 is 0 Å². The Bertz CT molecular complexity index is 409. The second kappa shape index (κ2) is 4.13. The fourth-order valence-corrected chi connectivity index (χ4v) is 0.787. The summed E-state index contributed by atoms with van der Waals surface area (Å²) in [4.78, 5) is 0. The molecule has 0 atom stereocenters. The molecule has 0 aromatic heterocycles. The molecule has 1 aromatic carbocycles. The highest BCUT2D eigenvalue weighted by Gasteiger charge is 1.98. The molecule has 0 bridgehead atoms. The van der Waals surface area contributed by atoms with E-state index in [1.165, 1.54) is 6.07 Å². The van der Waals surface area contributed by atoms with Crippen molar-refractivity contribution in [1.82, 2.24) is 0 Å². The van der Waals surface area contributed by atoms with E-state index in [1.54, 1.807) is 0 Å². The van der Waals surface area contributed by atoms with Gasteiger partial charge in [0.25, 0.3) is 0 Å². The molecule has 0 radical (unpaired) electrons. The minimum atomic E-state index is -0.459. The topological polar surface area (TPSA) is 44.0 Å². The second-order valence-corrected chi connectivity index (χ2v) is 2.30. The van der Waals surface area contributed by atoms with Crippen molar-refractivity contribution >= 4 is 0 Å². The van der Waals surface area contributed by atoms with Gasteiger partial charge in [-0.2, -0.15) is 5.26 Å². The molecular formula is C10H6FNO. The first-order valence-electron chi connectivity index (χ1n) is 3.58. The molecular weight excluding hydrogens is 169 g/mol.